The van der Waals surface area contributed by atoms with Crippen molar-refractivity contribution in [3.63, 3.8) is 0 Å². The SMILES string of the molecule is C=Cc1ccc(C(=C)C(C)C)cc1. The van der Waals surface area contributed by atoms with Crippen LogP contribution in [0.3, 0.4) is 0 Å². The van der Waals surface area contributed by atoms with Crippen LogP contribution in [0, 0.1) is 5.92 Å². The summed E-state index contributed by atoms with van der Waals surface area (Å²) in [6.45, 7) is 12.1. The summed E-state index contributed by atoms with van der Waals surface area (Å²) >= 11 is 0. The van der Waals surface area contributed by atoms with Crippen molar-refractivity contribution >= 4 is 11.6 Å². The molecule has 0 aliphatic rings. The summed E-state index contributed by atoms with van der Waals surface area (Å²) in [5, 5.41) is 0. The van der Waals surface area contributed by atoms with Gasteiger partial charge in [0, 0.05) is 0 Å². The first-order valence-electron chi connectivity index (χ1n) is 4.57. The monoisotopic (exact) mass is 172 g/mol. The van der Waals surface area contributed by atoms with Gasteiger partial charge in [0.2, 0.25) is 0 Å². The summed E-state index contributed by atoms with van der Waals surface area (Å²) in [7, 11) is 0. The van der Waals surface area contributed by atoms with Crippen LogP contribution in [-0.4, -0.2) is 0 Å². The lowest BCUT2D eigenvalue weighted by Crippen LogP contribution is -1.91. The van der Waals surface area contributed by atoms with E-state index in [1.807, 2.05) is 6.08 Å². The molecule has 1 aromatic rings. The second kappa shape index (κ2) is 4.08. The van der Waals surface area contributed by atoms with E-state index < -0.39 is 0 Å². The van der Waals surface area contributed by atoms with Gasteiger partial charge < -0.3 is 0 Å². The van der Waals surface area contributed by atoms with Crippen LogP contribution < -0.4 is 0 Å². The molecule has 0 heteroatoms. The van der Waals surface area contributed by atoms with E-state index in [1.54, 1.807) is 0 Å². The highest BCUT2D eigenvalue weighted by atomic mass is 14.1. The van der Waals surface area contributed by atoms with Crippen molar-refractivity contribution in [3.8, 4) is 0 Å². The summed E-state index contributed by atoms with van der Waals surface area (Å²) in [5.74, 6) is 0.509. The molecule has 0 amide bonds. The van der Waals surface area contributed by atoms with Gasteiger partial charge in [0.05, 0.1) is 0 Å². The maximum absolute atomic E-state index is 4.05. The zero-order chi connectivity index (χ0) is 9.84. The van der Waals surface area contributed by atoms with Gasteiger partial charge in [0.25, 0.3) is 0 Å². The van der Waals surface area contributed by atoms with Gasteiger partial charge in [-0.1, -0.05) is 57.3 Å². The topological polar surface area (TPSA) is 0 Å². The first-order chi connectivity index (χ1) is 6.15. The van der Waals surface area contributed by atoms with E-state index >= 15 is 0 Å². The Morgan fingerprint density at radius 2 is 1.77 bits per heavy atom. The Morgan fingerprint density at radius 3 is 2.15 bits per heavy atom. The predicted octanol–water partition coefficient (Wildman–Crippen LogP) is 4.00. The molecule has 13 heavy (non-hydrogen) atoms. The molecule has 0 saturated carbocycles. The number of hydrogen-bond donors (Lipinski definition) is 0. The molecule has 0 fully saturated rings. The molecule has 0 N–H and O–H groups in total. The number of rotatable bonds is 3. The number of hydrogen-bond acceptors (Lipinski definition) is 0. The molecule has 68 valence electrons. The Balaban J connectivity index is 2.92. The molecule has 0 atom stereocenters. The minimum absolute atomic E-state index is 0.509. The predicted molar refractivity (Wildman–Crippen MR) is 60.4 cm³/mol. The van der Waals surface area contributed by atoms with E-state index in [1.165, 1.54) is 11.1 Å². The fourth-order valence-electron chi connectivity index (χ4n) is 1.17. The average molecular weight is 172 g/mol. The highest BCUT2D eigenvalue weighted by molar-refractivity contribution is 5.66. The van der Waals surface area contributed by atoms with Crippen LogP contribution in [0.2, 0.25) is 0 Å². The van der Waals surface area contributed by atoms with Gasteiger partial charge in [-0.2, -0.15) is 0 Å². The van der Waals surface area contributed by atoms with Crippen LogP contribution >= 0.6 is 0 Å². The van der Waals surface area contributed by atoms with Crippen LogP contribution in [0.25, 0.3) is 11.6 Å². The summed E-state index contributed by atoms with van der Waals surface area (Å²) in [4.78, 5) is 0. The highest BCUT2D eigenvalue weighted by Crippen LogP contribution is 2.21. The highest BCUT2D eigenvalue weighted by Gasteiger charge is 2.02. The minimum Gasteiger partial charge on any atom is -0.0985 e. The van der Waals surface area contributed by atoms with Gasteiger partial charge in [0.1, 0.15) is 0 Å². The molecule has 1 rings (SSSR count). The van der Waals surface area contributed by atoms with Crippen molar-refractivity contribution in [2.45, 2.75) is 13.8 Å². The lowest BCUT2D eigenvalue weighted by Gasteiger charge is -2.09. The summed E-state index contributed by atoms with van der Waals surface area (Å²) in [6, 6.07) is 8.32. The van der Waals surface area contributed by atoms with Gasteiger partial charge in [-0.25, -0.2) is 0 Å². The Labute approximate surface area is 80.6 Å². The molecule has 0 nitrogen and oxygen atoms in total. The maximum atomic E-state index is 4.05. The fourth-order valence-corrected chi connectivity index (χ4v) is 1.17. The Bertz CT molecular complexity index is 301. The van der Waals surface area contributed by atoms with Crippen LogP contribution in [0.5, 0.6) is 0 Å². The van der Waals surface area contributed by atoms with Crippen molar-refractivity contribution < 1.29 is 0 Å². The molecule has 0 heterocycles. The zero-order valence-corrected chi connectivity index (χ0v) is 8.38. The van der Waals surface area contributed by atoms with Gasteiger partial charge in [-0.3, -0.25) is 0 Å². The second-order valence-corrected chi connectivity index (χ2v) is 3.51. The van der Waals surface area contributed by atoms with E-state index in [9.17, 15) is 0 Å². The molecule has 1 aromatic carbocycles. The van der Waals surface area contributed by atoms with Gasteiger partial charge >= 0.3 is 0 Å². The molecular formula is C13H16. The molecule has 0 saturated heterocycles. The van der Waals surface area contributed by atoms with E-state index in [0.29, 0.717) is 5.92 Å². The van der Waals surface area contributed by atoms with E-state index in [2.05, 4.69) is 51.3 Å². The normalized spacial score (nSPS) is 10.1. The second-order valence-electron chi connectivity index (χ2n) is 3.51. The van der Waals surface area contributed by atoms with Crippen molar-refractivity contribution in [3.05, 3.63) is 48.6 Å². The zero-order valence-electron chi connectivity index (χ0n) is 8.38. The van der Waals surface area contributed by atoms with Crippen LogP contribution in [0.4, 0.5) is 0 Å². The maximum Gasteiger partial charge on any atom is -0.0219 e. The third-order valence-corrected chi connectivity index (χ3v) is 2.21. The summed E-state index contributed by atoms with van der Waals surface area (Å²) < 4.78 is 0. The fraction of sp³-hybridized carbons (Fsp3) is 0.231. The Hall–Kier alpha value is -1.30. The van der Waals surface area contributed by atoms with Crippen LogP contribution in [0.15, 0.2) is 37.4 Å². The van der Waals surface area contributed by atoms with Crippen LogP contribution in [-0.2, 0) is 0 Å². The first kappa shape index (κ1) is 9.79. The molecule has 0 radical (unpaired) electrons. The molecular weight excluding hydrogens is 156 g/mol. The molecule has 0 aliphatic heterocycles. The smallest absolute Gasteiger partial charge is 0.0219 e. The molecule has 0 spiro atoms. The average Bonchev–Trinajstić information content (AvgIpc) is 2.17. The quantitative estimate of drug-likeness (QED) is 0.646. The van der Waals surface area contributed by atoms with Gasteiger partial charge in [-0.05, 0) is 22.6 Å². The molecule has 0 aromatic heterocycles. The first-order valence-corrected chi connectivity index (χ1v) is 4.57. The van der Waals surface area contributed by atoms with Crippen LogP contribution in [0.1, 0.15) is 25.0 Å². The number of allylic oxidation sites excluding steroid dienone is 1. The third-order valence-electron chi connectivity index (χ3n) is 2.21. The standard InChI is InChI=1S/C13H16/c1-5-12-6-8-13(9-7-12)11(4)10(2)3/h5-10H,1,4H2,2-3H3. The van der Waals surface area contributed by atoms with Gasteiger partial charge in [0.15, 0.2) is 0 Å². The largest absolute Gasteiger partial charge is 0.0985 e. The molecule has 0 bridgehead atoms. The van der Waals surface area contributed by atoms with Gasteiger partial charge in [-0.15, -0.1) is 0 Å². The van der Waals surface area contributed by atoms with E-state index in [0.717, 1.165) is 5.56 Å². The van der Waals surface area contributed by atoms with Crippen molar-refractivity contribution in [2.75, 3.05) is 0 Å². The van der Waals surface area contributed by atoms with Crippen molar-refractivity contribution in [2.24, 2.45) is 5.92 Å². The number of benzene rings is 1. The molecule has 0 aliphatic carbocycles. The Morgan fingerprint density at radius 1 is 1.23 bits per heavy atom. The van der Waals surface area contributed by atoms with Crippen molar-refractivity contribution in [1.29, 1.82) is 0 Å². The lowest BCUT2D eigenvalue weighted by atomic mass is 9.96. The summed E-state index contributed by atoms with van der Waals surface area (Å²) in [5.41, 5.74) is 3.57. The van der Waals surface area contributed by atoms with Crippen molar-refractivity contribution in [1.82, 2.24) is 0 Å². The minimum atomic E-state index is 0.509. The summed E-state index contributed by atoms with van der Waals surface area (Å²) in [6.07, 6.45) is 1.85. The lowest BCUT2D eigenvalue weighted by molar-refractivity contribution is 0.858. The molecule has 0 unspecified atom stereocenters. The van der Waals surface area contributed by atoms with E-state index in [-0.39, 0.29) is 0 Å². The third kappa shape index (κ3) is 2.32. The Kier molecular flexibility index (Phi) is 3.07. The van der Waals surface area contributed by atoms with E-state index in [4.69, 9.17) is 0 Å².